The lowest BCUT2D eigenvalue weighted by atomic mass is 9.90. The molecule has 0 saturated carbocycles. The molecule has 0 aromatic carbocycles. The predicted molar refractivity (Wildman–Crippen MR) is 119 cm³/mol. The number of hydrogen-bond acceptors (Lipinski definition) is 7. The summed E-state index contributed by atoms with van der Waals surface area (Å²) in [6, 6.07) is 0.0623. The molecule has 0 aliphatic carbocycles. The summed E-state index contributed by atoms with van der Waals surface area (Å²) < 4.78 is 6.65. The van der Waals surface area contributed by atoms with Crippen molar-refractivity contribution in [3.8, 4) is 6.01 Å². The molecule has 0 fully saturated rings. The summed E-state index contributed by atoms with van der Waals surface area (Å²) in [5.74, 6) is 0.889. The van der Waals surface area contributed by atoms with Gasteiger partial charge in [0.15, 0.2) is 11.5 Å². The van der Waals surface area contributed by atoms with Crippen LogP contribution in [0, 0.1) is 17.3 Å². The highest BCUT2D eigenvalue weighted by Gasteiger charge is 2.31. The van der Waals surface area contributed by atoms with E-state index in [9.17, 15) is 9.59 Å². The van der Waals surface area contributed by atoms with Gasteiger partial charge >= 0.3 is 6.01 Å². The van der Waals surface area contributed by atoms with E-state index in [4.69, 9.17) is 4.74 Å². The number of Topliss-reactive ketones (excluding diaryl/α,β-unsaturated/α-hetero) is 1. The van der Waals surface area contributed by atoms with Crippen molar-refractivity contribution in [3.63, 3.8) is 0 Å². The summed E-state index contributed by atoms with van der Waals surface area (Å²) in [5.41, 5.74) is -0.133. The SMILES string of the molecule is COc1nnc2nc(C(=O)C(C)(C)C)n(CC(=O)N(CCC(C)C)CCC(C)C)c2n1. The zero-order valence-corrected chi connectivity index (χ0v) is 20.1. The number of aromatic nitrogens is 5. The Labute approximate surface area is 184 Å². The average Bonchev–Trinajstić information content (AvgIpc) is 3.03. The van der Waals surface area contributed by atoms with Gasteiger partial charge in [0.2, 0.25) is 17.3 Å². The first kappa shape index (κ1) is 24.7. The van der Waals surface area contributed by atoms with Gasteiger partial charge in [0, 0.05) is 18.5 Å². The highest BCUT2D eigenvalue weighted by atomic mass is 16.5. The van der Waals surface area contributed by atoms with Crippen LogP contribution in [0.4, 0.5) is 0 Å². The van der Waals surface area contributed by atoms with Crippen LogP contribution in [-0.2, 0) is 11.3 Å². The maximum atomic E-state index is 13.3. The number of methoxy groups -OCH3 is 1. The second kappa shape index (κ2) is 10.2. The molecule has 0 saturated heterocycles. The van der Waals surface area contributed by atoms with Crippen molar-refractivity contribution in [1.29, 1.82) is 0 Å². The molecule has 0 aliphatic rings. The van der Waals surface area contributed by atoms with Crippen LogP contribution in [0.2, 0.25) is 0 Å². The molecule has 0 atom stereocenters. The highest BCUT2D eigenvalue weighted by Crippen LogP contribution is 2.23. The molecule has 0 unspecified atom stereocenters. The Bertz CT molecular complexity index is 902. The molecule has 0 aliphatic heterocycles. The van der Waals surface area contributed by atoms with E-state index in [0.717, 1.165) is 12.8 Å². The molecule has 0 radical (unpaired) electrons. The van der Waals surface area contributed by atoms with Crippen LogP contribution in [0.15, 0.2) is 0 Å². The van der Waals surface area contributed by atoms with Crippen molar-refractivity contribution >= 4 is 23.0 Å². The lowest BCUT2D eigenvalue weighted by Crippen LogP contribution is -2.37. The fourth-order valence-corrected chi connectivity index (χ4v) is 2.98. The molecule has 2 aromatic heterocycles. The van der Waals surface area contributed by atoms with Gasteiger partial charge in [-0.05, 0) is 24.7 Å². The molecule has 0 N–H and O–H groups in total. The molecular formula is C22H36N6O3. The number of ether oxygens (including phenoxy) is 1. The zero-order chi connectivity index (χ0) is 23.3. The number of rotatable bonds is 10. The van der Waals surface area contributed by atoms with Gasteiger partial charge in [-0.15, -0.1) is 5.10 Å². The number of hydrogen-bond donors (Lipinski definition) is 0. The summed E-state index contributed by atoms with van der Waals surface area (Å²) in [4.78, 5) is 37.0. The minimum absolute atomic E-state index is 0.0360. The van der Waals surface area contributed by atoms with Gasteiger partial charge in [0.1, 0.15) is 6.54 Å². The normalized spacial score (nSPS) is 12.1. The quantitative estimate of drug-likeness (QED) is 0.530. The summed E-state index contributed by atoms with van der Waals surface area (Å²) in [6.07, 6.45) is 1.83. The number of carbonyl (C=O) groups is 2. The van der Waals surface area contributed by atoms with Gasteiger partial charge in [-0.25, -0.2) is 4.98 Å². The van der Waals surface area contributed by atoms with Crippen molar-refractivity contribution in [2.24, 2.45) is 17.3 Å². The summed E-state index contributed by atoms with van der Waals surface area (Å²) in [6.45, 7) is 15.3. The third-order valence-corrected chi connectivity index (χ3v) is 5.02. The van der Waals surface area contributed by atoms with Gasteiger partial charge < -0.3 is 9.64 Å². The van der Waals surface area contributed by atoms with Crippen LogP contribution in [-0.4, -0.2) is 61.5 Å². The number of fused-ring (bicyclic) bond motifs is 1. The zero-order valence-electron chi connectivity index (χ0n) is 20.1. The van der Waals surface area contributed by atoms with Crippen molar-refractivity contribution < 1.29 is 14.3 Å². The summed E-state index contributed by atoms with van der Waals surface area (Å²) >= 11 is 0. The minimum Gasteiger partial charge on any atom is -0.466 e. The maximum absolute atomic E-state index is 13.3. The van der Waals surface area contributed by atoms with Crippen LogP contribution in [0.3, 0.4) is 0 Å². The van der Waals surface area contributed by atoms with Gasteiger partial charge in [-0.2, -0.15) is 4.98 Å². The molecule has 9 heteroatoms. The van der Waals surface area contributed by atoms with E-state index in [1.807, 2.05) is 25.7 Å². The third-order valence-electron chi connectivity index (χ3n) is 5.02. The van der Waals surface area contributed by atoms with Crippen molar-refractivity contribution in [3.05, 3.63) is 5.82 Å². The Balaban J connectivity index is 2.45. The number of nitrogens with zero attached hydrogens (tertiary/aromatic N) is 6. The molecule has 1 amide bonds. The van der Waals surface area contributed by atoms with Crippen LogP contribution in [0.5, 0.6) is 6.01 Å². The maximum Gasteiger partial charge on any atom is 0.337 e. The molecule has 2 aromatic rings. The first-order chi connectivity index (χ1) is 14.4. The Kier molecular flexibility index (Phi) is 8.08. The second-order valence-corrected chi connectivity index (χ2v) is 9.79. The standard InChI is InChI=1S/C22H36N6O3/c1-14(2)9-11-27(12-10-15(3)4)16(29)13-28-19(17(30)22(5,6)7)23-18-20(28)24-21(31-8)26-25-18/h14-15H,9-13H2,1-8H3. The largest absolute Gasteiger partial charge is 0.466 e. The Morgan fingerprint density at radius 3 is 2.06 bits per heavy atom. The van der Waals surface area contributed by atoms with Crippen molar-refractivity contribution in [2.45, 2.75) is 67.9 Å². The van der Waals surface area contributed by atoms with Gasteiger partial charge in [-0.1, -0.05) is 53.6 Å². The molecule has 0 bridgehead atoms. The van der Waals surface area contributed by atoms with Crippen LogP contribution in [0.25, 0.3) is 11.3 Å². The molecule has 31 heavy (non-hydrogen) atoms. The van der Waals surface area contributed by atoms with Crippen LogP contribution < -0.4 is 4.74 Å². The Hall–Kier alpha value is -2.58. The average molecular weight is 433 g/mol. The van der Waals surface area contributed by atoms with E-state index in [-0.39, 0.29) is 35.7 Å². The van der Waals surface area contributed by atoms with E-state index in [0.29, 0.717) is 30.6 Å². The van der Waals surface area contributed by atoms with Gasteiger partial charge in [0.25, 0.3) is 0 Å². The lowest BCUT2D eigenvalue weighted by Gasteiger charge is -2.25. The molecule has 2 rings (SSSR count). The fraction of sp³-hybridized carbons (Fsp3) is 0.727. The predicted octanol–water partition coefficient (Wildman–Crippen LogP) is 3.38. The molecule has 0 spiro atoms. The fourth-order valence-electron chi connectivity index (χ4n) is 2.98. The topological polar surface area (TPSA) is 103 Å². The molecule has 2 heterocycles. The van der Waals surface area contributed by atoms with Crippen LogP contribution in [0.1, 0.15) is 71.9 Å². The molecule has 172 valence electrons. The Morgan fingerprint density at radius 1 is 1.00 bits per heavy atom. The number of amides is 1. The first-order valence-corrected chi connectivity index (χ1v) is 10.9. The smallest absolute Gasteiger partial charge is 0.337 e. The minimum atomic E-state index is -0.672. The highest BCUT2D eigenvalue weighted by molar-refractivity contribution is 5.99. The van der Waals surface area contributed by atoms with E-state index in [1.165, 1.54) is 7.11 Å². The lowest BCUT2D eigenvalue weighted by molar-refractivity contribution is -0.132. The Morgan fingerprint density at radius 2 is 1.58 bits per heavy atom. The van der Waals surface area contributed by atoms with Gasteiger partial charge in [-0.3, -0.25) is 14.2 Å². The second-order valence-electron chi connectivity index (χ2n) is 9.79. The van der Waals surface area contributed by atoms with Crippen molar-refractivity contribution in [2.75, 3.05) is 20.2 Å². The third kappa shape index (κ3) is 6.45. The van der Waals surface area contributed by atoms with E-state index in [1.54, 1.807) is 4.57 Å². The monoisotopic (exact) mass is 432 g/mol. The summed E-state index contributed by atoms with van der Waals surface area (Å²) in [7, 11) is 1.44. The van der Waals surface area contributed by atoms with E-state index in [2.05, 4.69) is 47.9 Å². The molecule has 9 nitrogen and oxygen atoms in total. The number of imidazole rings is 1. The number of carbonyl (C=O) groups excluding carboxylic acids is 2. The molecular weight excluding hydrogens is 396 g/mol. The van der Waals surface area contributed by atoms with Crippen molar-refractivity contribution in [1.82, 2.24) is 29.6 Å². The van der Waals surface area contributed by atoms with Crippen LogP contribution >= 0.6 is 0 Å². The first-order valence-electron chi connectivity index (χ1n) is 10.9. The number of ketones is 1. The summed E-state index contributed by atoms with van der Waals surface area (Å²) in [5, 5.41) is 7.87. The van der Waals surface area contributed by atoms with E-state index < -0.39 is 5.41 Å². The van der Waals surface area contributed by atoms with Gasteiger partial charge in [0.05, 0.1) is 7.11 Å². The van der Waals surface area contributed by atoms with E-state index >= 15 is 0 Å².